The lowest BCUT2D eigenvalue weighted by Crippen LogP contribution is -2.30. The lowest BCUT2D eigenvalue weighted by atomic mass is 10.0. The van der Waals surface area contributed by atoms with Crippen LogP contribution in [0, 0.1) is 5.92 Å². The number of anilines is 1. The number of hydrogen-bond acceptors (Lipinski definition) is 4. The Balaban J connectivity index is 2.19. The highest BCUT2D eigenvalue weighted by Gasteiger charge is 2.18. The molecule has 1 aromatic carbocycles. The molecule has 1 aromatic rings. The fourth-order valence-electron chi connectivity index (χ4n) is 1.95. The van der Waals surface area contributed by atoms with E-state index in [1.807, 2.05) is 6.07 Å². The van der Waals surface area contributed by atoms with E-state index < -0.39 is 0 Å². The first kappa shape index (κ1) is 14.3. The number of rotatable bonds is 5. The summed E-state index contributed by atoms with van der Waals surface area (Å²) in [4.78, 5) is 0. The average molecular weight is 286 g/mol. The number of fused-ring (bicyclic) bond motifs is 1. The summed E-state index contributed by atoms with van der Waals surface area (Å²) in [7, 11) is 1.70. The van der Waals surface area contributed by atoms with Gasteiger partial charge in [0.15, 0.2) is 11.5 Å². The molecule has 1 atom stereocenters. The van der Waals surface area contributed by atoms with E-state index in [0.29, 0.717) is 36.5 Å². The van der Waals surface area contributed by atoms with Crippen LogP contribution < -0.4 is 14.8 Å². The molecule has 4 nitrogen and oxygen atoms in total. The fraction of sp³-hybridized carbons (Fsp3) is 0.571. The molecule has 5 heteroatoms. The van der Waals surface area contributed by atoms with Crippen molar-refractivity contribution in [2.45, 2.75) is 19.9 Å². The second-order valence-electron chi connectivity index (χ2n) is 4.93. The molecule has 1 N–H and O–H groups in total. The van der Waals surface area contributed by atoms with Crippen LogP contribution in [-0.2, 0) is 4.74 Å². The van der Waals surface area contributed by atoms with Gasteiger partial charge in [0.25, 0.3) is 0 Å². The molecule has 0 amide bonds. The van der Waals surface area contributed by atoms with Crippen molar-refractivity contribution >= 4 is 17.3 Å². The predicted molar refractivity (Wildman–Crippen MR) is 76.6 cm³/mol. The monoisotopic (exact) mass is 285 g/mol. The summed E-state index contributed by atoms with van der Waals surface area (Å²) in [6.07, 6.45) is 0. The number of hydrogen-bond donors (Lipinski definition) is 1. The summed E-state index contributed by atoms with van der Waals surface area (Å²) in [5, 5.41) is 4.04. The zero-order valence-electron chi connectivity index (χ0n) is 11.5. The van der Waals surface area contributed by atoms with Crippen molar-refractivity contribution in [3.05, 3.63) is 17.2 Å². The molecule has 0 aliphatic carbocycles. The first-order valence-corrected chi connectivity index (χ1v) is 6.84. The Hall–Kier alpha value is -1.13. The van der Waals surface area contributed by atoms with E-state index in [1.54, 1.807) is 13.2 Å². The standard InChI is InChI=1S/C14H20ClNO3/c1-9(2)12(8-17-3)16-11-7-14-13(6-10(11)15)18-4-5-19-14/h6-7,9,12,16H,4-5,8H2,1-3H3. The summed E-state index contributed by atoms with van der Waals surface area (Å²) in [6.45, 7) is 6.04. The Morgan fingerprint density at radius 2 is 1.89 bits per heavy atom. The summed E-state index contributed by atoms with van der Waals surface area (Å²) < 4.78 is 16.3. The highest BCUT2D eigenvalue weighted by molar-refractivity contribution is 6.33. The van der Waals surface area contributed by atoms with Gasteiger partial charge in [-0.25, -0.2) is 0 Å². The Kier molecular flexibility index (Phi) is 4.77. The maximum atomic E-state index is 6.27. The van der Waals surface area contributed by atoms with Gasteiger partial charge in [-0.3, -0.25) is 0 Å². The molecule has 0 spiro atoms. The fourth-order valence-corrected chi connectivity index (χ4v) is 2.16. The normalized spacial score (nSPS) is 15.4. The average Bonchev–Trinajstić information content (AvgIpc) is 2.38. The van der Waals surface area contributed by atoms with Gasteiger partial charge in [-0.1, -0.05) is 25.4 Å². The number of halogens is 1. The minimum absolute atomic E-state index is 0.199. The summed E-state index contributed by atoms with van der Waals surface area (Å²) >= 11 is 6.27. The smallest absolute Gasteiger partial charge is 0.163 e. The van der Waals surface area contributed by atoms with Crippen molar-refractivity contribution in [3.63, 3.8) is 0 Å². The molecular formula is C14H20ClNO3. The molecular weight excluding hydrogens is 266 g/mol. The maximum Gasteiger partial charge on any atom is 0.163 e. The highest BCUT2D eigenvalue weighted by atomic mass is 35.5. The predicted octanol–water partition coefficient (Wildman–Crippen LogP) is 3.19. The van der Waals surface area contributed by atoms with Gasteiger partial charge in [0.2, 0.25) is 0 Å². The lowest BCUT2D eigenvalue weighted by Gasteiger charge is -2.25. The van der Waals surface area contributed by atoms with Crippen molar-refractivity contribution in [2.75, 3.05) is 32.2 Å². The molecule has 19 heavy (non-hydrogen) atoms. The SMILES string of the molecule is COCC(Nc1cc2c(cc1Cl)OCCO2)C(C)C. The highest BCUT2D eigenvalue weighted by Crippen LogP contribution is 2.38. The van der Waals surface area contributed by atoms with E-state index >= 15 is 0 Å². The van der Waals surface area contributed by atoms with Gasteiger partial charge < -0.3 is 19.5 Å². The van der Waals surface area contributed by atoms with E-state index in [0.717, 1.165) is 11.4 Å². The number of ether oxygens (including phenoxy) is 3. The third-order valence-electron chi connectivity index (χ3n) is 3.12. The summed E-state index contributed by atoms with van der Waals surface area (Å²) in [6, 6.07) is 3.88. The Morgan fingerprint density at radius 1 is 1.26 bits per heavy atom. The molecule has 0 saturated heterocycles. The molecule has 0 saturated carbocycles. The van der Waals surface area contributed by atoms with Crippen LogP contribution >= 0.6 is 11.6 Å². The van der Waals surface area contributed by atoms with E-state index in [1.165, 1.54) is 0 Å². The largest absolute Gasteiger partial charge is 0.486 e. The van der Waals surface area contributed by atoms with Gasteiger partial charge in [0.1, 0.15) is 13.2 Å². The van der Waals surface area contributed by atoms with Crippen LogP contribution in [0.4, 0.5) is 5.69 Å². The minimum Gasteiger partial charge on any atom is -0.486 e. The van der Waals surface area contributed by atoms with Crippen LogP contribution in [0.1, 0.15) is 13.8 Å². The maximum absolute atomic E-state index is 6.27. The van der Waals surface area contributed by atoms with Gasteiger partial charge in [-0.15, -0.1) is 0 Å². The van der Waals surface area contributed by atoms with Gasteiger partial charge >= 0.3 is 0 Å². The van der Waals surface area contributed by atoms with Crippen LogP contribution in [0.25, 0.3) is 0 Å². The van der Waals surface area contributed by atoms with E-state index in [2.05, 4.69) is 19.2 Å². The first-order chi connectivity index (χ1) is 9.11. The third-order valence-corrected chi connectivity index (χ3v) is 3.44. The Bertz CT molecular complexity index is 437. The summed E-state index contributed by atoms with van der Waals surface area (Å²) in [5.41, 5.74) is 0.849. The molecule has 2 rings (SSSR count). The van der Waals surface area contributed by atoms with Crippen molar-refractivity contribution in [2.24, 2.45) is 5.92 Å². The van der Waals surface area contributed by atoms with Crippen molar-refractivity contribution in [1.82, 2.24) is 0 Å². The quantitative estimate of drug-likeness (QED) is 0.902. The van der Waals surface area contributed by atoms with Crippen LogP contribution in [0.15, 0.2) is 12.1 Å². The molecule has 106 valence electrons. The van der Waals surface area contributed by atoms with E-state index in [4.69, 9.17) is 25.8 Å². The number of benzene rings is 1. The second kappa shape index (κ2) is 6.35. The van der Waals surface area contributed by atoms with Crippen molar-refractivity contribution in [1.29, 1.82) is 0 Å². The Morgan fingerprint density at radius 3 is 2.47 bits per heavy atom. The zero-order valence-corrected chi connectivity index (χ0v) is 12.3. The summed E-state index contributed by atoms with van der Waals surface area (Å²) in [5.74, 6) is 1.87. The van der Waals surface area contributed by atoms with Gasteiger partial charge in [0, 0.05) is 19.2 Å². The van der Waals surface area contributed by atoms with Gasteiger partial charge in [-0.2, -0.15) is 0 Å². The molecule has 0 aromatic heterocycles. The molecule has 0 fully saturated rings. The minimum atomic E-state index is 0.199. The van der Waals surface area contributed by atoms with Crippen LogP contribution in [0.3, 0.4) is 0 Å². The van der Waals surface area contributed by atoms with Crippen LogP contribution in [0.5, 0.6) is 11.5 Å². The van der Waals surface area contributed by atoms with Crippen LogP contribution in [-0.4, -0.2) is 33.0 Å². The van der Waals surface area contributed by atoms with Crippen LogP contribution in [0.2, 0.25) is 5.02 Å². The first-order valence-electron chi connectivity index (χ1n) is 6.46. The topological polar surface area (TPSA) is 39.7 Å². The molecule has 1 aliphatic heterocycles. The lowest BCUT2D eigenvalue weighted by molar-refractivity contribution is 0.169. The Labute approximate surface area is 119 Å². The number of methoxy groups -OCH3 is 1. The second-order valence-corrected chi connectivity index (χ2v) is 5.33. The van der Waals surface area contributed by atoms with E-state index in [9.17, 15) is 0 Å². The van der Waals surface area contributed by atoms with Gasteiger partial charge in [-0.05, 0) is 5.92 Å². The molecule has 1 unspecified atom stereocenters. The number of nitrogens with one attached hydrogen (secondary N) is 1. The third kappa shape index (κ3) is 3.45. The van der Waals surface area contributed by atoms with Crippen molar-refractivity contribution < 1.29 is 14.2 Å². The van der Waals surface area contributed by atoms with E-state index in [-0.39, 0.29) is 6.04 Å². The van der Waals surface area contributed by atoms with Gasteiger partial charge in [0.05, 0.1) is 23.4 Å². The molecule has 1 heterocycles. The zero-order chi connectivity index (χ0) is 13.8. The molecule has 0 bridgehead atoms. The molecule has 1 aliphatic rings. The molecule has 0 radical (unpaired) electrons. The van der Waals surface area contributed by atoms with Crippen molar-refractivity contribution in [3.8, 4) is 11.5 Å².